The Hall–Kier alpha value is -4.11. The van der Waals surface area contributed by atoms with Crippen LogP contribution in [0.4, 0.5) is 0 Å². The van der Waals surface area contributed by atoms with E-state index in [1.54, 1.807) is 25.6 Å². The molecule has 1 saturated carbocycles. The zero-order valence-electron chi connectivity index (χ0n) is 25.7. The van der Waals surface area contributed by atoms with Crippen LogP contribution in [0.3, 0.4) is 0 Å². The van der Waals surface area contributed by atoms with Crippen molar-refractivity contribution >= 4 is 17.6 Å². The first-order valence-electron chi connectivity index (χ1n) is 14.2. The number of hydrogen-bond acceptors (Lipinski definition) is 8. The number of nitro groups is 1. The molecule has 0 spiro atoms. The van der Waals surface area contributed by atoms with E-state index in [0.717, 1.165) is 29.5 Å². The first kappa shape index (κ1) is 33.4. The van der Waals surface area contributed by atoms with E-state index in [1.807, 2.05) is 42.2 Å². The second-order valence-electron chi connectivity index (χ2n) is 11.3. The highest BCUT2D eigenvalue weighted by molar-refractivity contribution is 6.29. The molecule has 230 valence electrons. The molecule has 1 aliphatic rings. The average molecular weight is 609 g/mol. The Bertz CT molecular complexity index is 1410. The molecule has 0 bridgehead atoms. The molecule has 1 N–H and O–H groups in total. The quantitative estimate of drug-likeness (QED) is 0.0769. The monoisotopic (exact) mass is 608 g/mol. The number of aromatic nitrogens is 1. The summed E-state index contributed by atoms with van der Waals surface area (Å²) < 4.78 is 11.1. The molecule has 0 radical (unpaired) electrons. The number of rotatable bonds is 12. The minimum atomic E-state index is -0.478. The number of pyridine rings is 1. The summed E-state index contributed by atoms with van der Waals surface area (Å²) in [6.45, 7) is 11.7. The molecule has 0 amide bonds. The smallest absolute Gasteiger partial charge is 0.310 e. The van der Waals surface area contributed by atoms with Crippen molar-refractivity contribution in [1.82, 2.24) is 15.2 Å². The van der Waals surface area contributed by atoms with Gasteiger partial charge in [0, 0.05) is 38.3 Å². The molecule has 0 aliphatic heterocycles. The SMILES string of the molecule is CC(C)=C[C@@H]1[C@@H](C(=O)OCc2coc(Cc3ccccc3)c2)C1(C)C.CCN(Cc1ccc(Cl)nc1)/C(=C/[N+](=O)[O-])NC. The minimum absolute atomic E-state index is 0.0107. The number of nitrogens with one attached hydrogen (secondary N) is 1. The van der Waals surface area contributed by atoms with Gasteiger partial charge in [0.15, 0.2) is 5.82 Å². The summed E-state index contributed by atoms with van der Waals surface area (Å²) in [6, 6.07) is 15.7. The maximum Gasteiger partial charge on any atom is 0.310 e. The number of halogens is 1. The predicted molar refractivity (Wildman–Crippen MR) is 167 cm³/mol. The van der Waals surface area contributed by atoms with E-state index < -0.39 is 4.92 Å². The van der Waals surface area contributed by atoms with Gasteiger partial charge in [0.1, 0.15) is 17.5 Å². The number of carbonyl (C=O) groups excluding carboxylic acids is 1. The van der Waals surface area contributed by atoms with Crippen LogP contribution >= 0.6 is 11.6 Å². The van der Waals surface area contributed by atoms with Crippen LogP contribution in [-0.4, -0.2) is 34.4 Å². The standard InChI is InChI=1S/C22H26O3.C11H15ClN4O2/c1-15(2)10-19-20(22(19,3)4)21(23)25-14-17-12-18(24-13-17)11-16-8-6-5-7-9-16;1-3-15(11(13-2)8-16(17)18)7-9-4-5-10(12)14-6-9/h5-10,12-13,19-20H,11,14H2,1-4H3;4-6,8,13H,3,7H2,1-2H3/b;11-8+/t19-,20+;/m1./s1. The second kappa shape index (κ2) is 15.4. The third-order valence-electron chi connectivity index (χ3n) is 7.36. The van der Waals surface area contributed by atoms with Gasteiger partial charge in [0.25, 0.3) is 6.20 Å². The van der Waals surface area contributed by atoms with Crippen LogP contribution in [0.1, 0.15) is 57.1 Å². The molecule has 1 aromatic carbocycles. The zero-order valence-corrected chi connectivity index (χ0v) is 26.4. The van der Waals surface area contributed by atoms with E-state index in [4.69, 9.17) is 20.8 Å². The van der Waals surface area contributed by atoms with Gasteiger partial charge >= 0.3 is 5.97 Å². The zero-order chi connectivity index (χ0) is 31.6. The van der Waals surface area contributed by atoms with Crippen LogP contribution in [0.5, 0.6) is 0 Å². The number of benzene rings is 1. The molecule has 0 saturated heterocycles. The minimum Gasteiger partial charge on any atom is -0.469 e. The summed E-state index contributed by atoms with van der Waals surface area (Å²) in [7, 11) is 1.65. The van der Waals surface area contributed by atoms with E-state index >= 15 is 0 Å². The average Bonchev–Trinajstić information content (AvgIpc) is 3.26. The molecule has 2 atom stereocenters. The topological polar surface area (TPSA) is 111 Å². The van der Waals surface area contributed by atoms with Crippen molar-refractivity contribution in [3.8, 4) is 0 Å². The molecule has 43 heavy (non-hydrogen) atoms. The van der Waals surface area contributed by atoms with Gasteiger partial charge < -0.3 is 19.4 Å². The summed E-state index contributed by atoms with van der Waals surface area (Å²) in [6.07, 6.45) is 7.21. The van der Waals surface area contributed by atoms with E-state index in [9.17, 15) is 14.9 Å². The maximum atomic E-state index is 12.4. The molecule has 2 aromatic heterocycles. The Kier molecular flexibility index (Phi) is 11.9. The number of furan rings is 1. The van der Waals surface area contributed by atoms with Gasteiger partial charge in [-0.3, -0.25) is 14.9 Å². The summed E-state index contributed by atoms with van der Waals surface area (Å²) in [4.78, 5) is 28.3. The molecule has 4 rings (SSSR count). The van der Waals surface area contributed by atoms with Crippen molar-refractivity contribution < 1.29 is 18.9 Å². The normalized spacial score (nSPS) is 16.8. The summed E-state index contributed by atoms with van der Waals surface area (Å²) in [5.74, 6) is 1.46. The molecule has 3 aromatic rings. The van der Waals surface area contributed by atoms with Gasteiger partial charge in [-0.05, 0) is 55.4 Å². The number of esters is 1. The van der Waals surface area contributed by atoms with Gasteiger partial charge in [-0.2, -0.15) is 0 Å². The Morgan fingerprint density at radius 2 is 1.91 bits per heavy atom. The van der Waals surface area contributed by atoms with E-state index in [-0.39, 0.29) is 29.8 Å². The van der Waals surface area contributed by atoms with Crippen LogP contribution in [0, 0.1) is 27.4 Å². The number of allylic oxidation sites excluding steroid dienone is 2. The van der Waals surface area contributed by atoms with Crippen molar-refractivity contribution in [3.63, 3.8) is 0 Å². The lowest BCUT2D eigenvalue weighted by Crippen LogP contribution is -2.30. The van der Waals surface area contributed by atoms with Crippen molar-refractivity contribution in [2.45, 2.75) is 54.2 Å². The van der Waals surface area contributed by atoms with Gasteiger partial charge in [0.2, 0.25) is 0 Å². The summed E-state index contributed by atoms with van der Waals surface area (Å²) >= 11 is 5.70. The molecule has 10 heteroatoms. The van der Waals surface area contributed by atoms with Gasteiger partial charge in [0.05, 0.1) is 17.1 Å². The van der Waals surface area contributed by atoms with E-state index in [1.165, 1.54) is 11.1 Å². The van der Waals surface area contributed by atoms with Crippen molar-refractivity contribution in [1.29, 1.82) is 0 Å². The molecule has 1 fully saturated rings. The second-order valence-corrected chi connectivity index (χ2v) is 11.7. The van der Waals surface area contributed by atoms with E-state index in [0.29, 0.717) is 24.1 Å². The fraction of sp³-hybridized carbons (Fsp3) is 0.394. The Morgan fingerprint density at radius 1 is 1.19 bits per heavy atom. The number of hydrogen-bond donors (Lipinski definition) is 1. The van der Waals surface area contributed by atoms with Crippen LogP contribution < -0.4 is 5.32 Å². The highest BCUT2D eigenvalue weighted by Crippen LogP contribution is 2.59. The van der Waals surface area contributed by atoms with Crippen LogP contribution in [-0.2, 0) is 29.1 Å². The Labute approximate surface area is 258 Å². The lowest BCUT2D eigenvalue weighted by atomic mass is 10.1. The molecule has 2 heterocycles. The number of carbonyl (C=O) groups is 1. The first-order chi connectivity index (χ1) is 20.4. The molecule has 1 aliphatic carbocycles. The first-order valence-corrected chi connectivity index (χ1v) is 14.6. The van der Waals surface area contributed by atoms with Crippen molar-refractivity contribution in [3.05, 3.63) is 122 Å². The fourth-order valence-electron chi connectivity index (χ4n) is 4.93. The predicted octanol–water partition coefficient (Wildman–Crippen LogP) is 7.00. The highest BCUT2D eigenvalue weighted by Gasteiger charge is 2.61. The molecule has 0 unspecified atom stereocenters. The van der Waals surface area contributed by atoms with Crippen molar-refractivity contribution in [2.24, 2.45) is 17.3 Å². The summed E-state index contributed by atoms with van der Waals surface area (Å²) in [5.41, 5.74) is 4.27. The van der Waals surface area contributed by atoms with Crippen LogP contribution in [0.2, 0.25) is 5.15 Å². The van der Waals surface area contributed by atoms with Crippen LogP contribution in [0.15, 0.2) is 89.1 Å². The molecular weight excluding hydrogens is 568 g/mol. The fourth-order valence-corrected chi connectivity index (χ4v) is 5.04. The third-order valence-corrected chi connectivity index (χ3v) is 7.58. The van der Waals surface area contributed by atoms with Gasteiger partial charge in [-0.25, -0.2) is 4.98 Å². The van der Waals surface area contributed by atoms with Crippen molar-refractivity contribution in [2.75, 3.05) is 13.6 Å². The van der Waals surface area contributed by atoms with Gasteiger partial charge in [-0.1, -0.05) is 73.5 Å². The van der Waals surface area contributed by atoms with Crippen LogP contribution in [0.25, 0.3) is 0 Å². The Balaban J connectivity index is 0.000000250. The number of nitrogens with zero attached hydrogens (tertiary/aromatic N) is 3. The maximum absolute atomic E-state index is 12.4. The van der Waals surface area contributed by atoms with E-state index in [2.05, 4.69) is 56.2 Å². The summed E-state index contributed by atoms with van der Waals surface area (Å²) in [5, 5.41) is 13.8. The molecule has 9 nitrogen and oxygen atoms in total. The molecular formula is C33H41ClN4O5. The highest BCUT2D eigenvalue weighted by atomic mass is 35.5. The number of ether oxygens (including phenoxy) is 1. The third kappa shape index (κ3) is 9.99. The van der Waals surface area contributed by atoms with Gasteiger partial charge in [-0.15, -0.1) is 0 Å². The lowest BCUT2D eigenvalue weighted by Gasteiger charge is -2.23. The largest absolute Gasteiger partial charge is 0.469 e. The lowest BCUT2D eigenvalue weighted by molar-refractivity contribution is -0.404. The Morgan fingerprint density at radius 3 is 2.49 bits per heavy atom.